The summed E-state index contributed by atoms with van der Waals surface area (Å²) in [5.74, 6) is -0.938. The quantitative estimate of drug-likeness (QED) is 0.701. The number of carboxylic acids is 1. The zero-order chi connectivity index (χ0) is 16.4. The first-order valence-corrected chi connectivity index (χ1v) is 7.67. The van der Waals surface area contributed by atoms with Crippen LogP contribution in [-0.2, 0) is 14.8 Å². The predicted octanol–water partition coefficient (Wildman–Crippen LogP) is 0.424. The van der Waals surface area contributed by atoms with Crippen LogP contribution in [0.2, 0.25) is 0 Å². The second-order valence-electron chi connectivity index (χ2n) is 4.77. The summed E-state index contributed by atoms with van der Waals surface area (Å²) in [4.78, 5) is 11.0. The number of hydrogen-bond donors (Lipinski definition) is 3. The largest absolute Gasteiger partial charge is 0.497 e. The highest BCUT2D eigenvalue weighted by atomic mass is 32.2. The van der Waals surface area contributed by atoms with Crippen LogP contribution < -0.4 is 9.46 Å². The maximum absolute atomic E-state index is 12.4. The highest BCUT2D eigenvalue weighted by Crippen LogP contribution is 2.25. The second-order valence-corrected chi connectivity index (χ2v) is 6.42. The third-order valence-electron chi connectivity index (χ3n) is 2.97. The Balaban J connectivity index is 3.29. The normalized spacial score (nSPS) is 14.5. The number of hydrogen-bond acceptors (Lipinski definition) is 5. The fourth-order valence-corrected chi connectivity index (χ4v) is 3.75. The maximum atomic E-state index is 12.4. The molecule has 21 heavy (non-hydrogen) atoms. The summed E-state index contributed by atoms with van der Waals surface area (Å²) in [6, 6.07) is 1.47. The molecular formula is C13H19NO6S. The van der Waals surface area contributed by atoms with Crippen LogP contribution in [0, 0.1) is 13.8 Å². The Bertz CT molecular complexity index is 615. The van der Waals surface area contributed by atoms with Gasteiger partial charge in [-0.25, -0.2) is 8.42 Å². The van der Waals surface area contributed by atoms with Gasteiger partial charge in [0, 0.05) is 0 Å². The molecule has 7 nitrogen and oxygen atoms in total. The zero-order valence-corrected chi connectivity index (χ0v) is 13.1. The molecular weight excluding hydrogens is 298 g/mol. The van der Waals surface area contributed by atoms with E-state index in [0.717, 1.165) is 0 Å². The molecule has 0 aliphatic rings. The van der Waals surface area contributed by atoms with Gasteiger partial charge >= 0.3 is 5.97 Å². The van der Waals surface area contributed by atoms with Crippen molar-refractivity contribution in [2.45, 2.75) is 37.8 Å². The van der Waals surface area contributed by atoms with Gasteiger partial charge in [0.1, 0.15) is 11.8 Å². The van der Waals surface area contributed by atoms with Crippen molar-refractivity contribution in [1.29, 1.82) is 0 Å². The number of sulfonamides is 1. The summed E-state index contributed by atoms with van der Waals surface area (Å²) in [7, 11) is -2.62. The van der Waals surface area contributed by atoms with Crippen LogP contribution in [0.1, 0.15) is 18.1 Å². The molecule has 0 aliphatic heterocycles. The third-order valence-corrected chi connectivity index (χ3v) is 4.71. The van der Waals surface area contributed by atoms with E-state index in [4.69, 9.17) is 9.84 Å². The number of carboxylic acid groups (broad SMARTS) is 1. The molecule has 0 saturated heterocycles. The molecule has 0 bridgehead atoms. The van der Waals surface area contributed by atoms with Gasteiger partial charge in [0.2, 0.25) is 10.0 Å². The molecule has 0 heterocycles. The summed E-state index contributed by atoms with van der Waals surface area (Å²) in [6.45, 7) is 4.37. The monoisotopic (exact) mass is 317 g/mol. The standard InChI is InChI=1S/C13H19NO6S/c1-7-5-10(20-4)6-8(2)12(7)21(18,19)14-11(9(3)15)13(16)17/h5-6,9,11,14-15H,1-4H3,(H,16,17)/t9-,11+/m1/s1. The van der Waals surface area contributed by atoms with Gasteiger partial charge in [-0.2, -0.15) is 4.72 Å². The number of aliphatic carboxylic acids is 1. The molecule has 0 amide bonds. The Morgan fingerprint density at radius 1 is 1.29 bits per heavy atom. The number of aliphatic hydroxyl groups excluding tert-OH is 1. The number of aliphatic hydroxyl groups is 1. The Kier molecular flexibility index (Phi) is 5.32. The lowest BCUT2D eigenvalue weighted by Crippen LogP contribution is -2.47. The van der Waals surface area contributed by atoms with Gasteiger partial charge in [0.25, 0.3) is 0 Å². The summed E-state index contributed by atoms with van der Waals surface area (Å²) in [5.41, 5.74) is 0.850. The van der Waals surface area contributed by atoms with E-state index in [0.29, 0.717) is 16.9 Å². The number of nitrogens with one attached hydrogen (secondary N) is 1. The van der Waals surface area contributed by atoms with Gasteiger partial charge in [-0.15, -0.1) is 0 Å². The molecule has 0 unspecified atom stereocenters. The van der Waals surface area contributed by atoms with Gasteiger partial charge in [0.05, 0.1) is 18.1 Å². The molecule has 0 saturated carbocycles. The van der Waals surface area contributed by atoms with Crippen LogP contribution in [0.5, 0.6) is 5.75 Å². The summed E-state index contributed by atoms with van der Waals surface area (Å²) < 4.78 is 31.8. The van der Waals surface area contributed by atoms with Crippen LogP contribution in [0.4, 0.5) is 0 Å². The van der Waals surface area contributed by atoms with Crippen LogP contribution in [0.3, 0.4) is 0 Å². The van der Waals surface area contributed by atoms with Crippen LogP contribution in [0.25, 0.3) is 0 Å². The lowest BCUT2D eigenvalue weighted by Gasteiger charge is -2.19. The van der Waals surface area contributed by atoms with Crippen molar-refractivity contribution >= 4 is 16.0 Å². The van der Waals surface area contributed by atoms with Crippen molar-refractivity contribution in [2.75, 3.05) is 7.11 Å². The van der Waals surface area contributed by atoms with E-state index in [9.17, 15) is 18.3 Å². The van der Waals surface area contributed by atoms with Crippen molar-refractivity contribution in [2.24, 2.45) is 0 Å². The molecule has 0 spiro atoms. The van der Waals surface area contributed by atoms with E-state index in [-0.39, 0.29) is 4.90 Å². The Morgan fingerprint density at radius 3 is 2.10 bits per heavy atom. The molecule has 1 aromatic rings. The smallest absolute Gasteiger partial charge is 0.324 e. The highest BCUT2D eigenvalue weighted by Gasteiger charge is 2.31. The number of benzene rings is 1. The molecule has 0 radical (unpaired) electrons. The first-order chi connectivity index (χ1) is 9.60. The SMILES string of the molecule is COc1cc(C)c(S(=O)(=O)N[C@H](C(=O)O)[C@@H](C)O)c(C)c1. The molecule has 1 rings (SSSR count). The third kappa shape index (κ3) is 3.93. The highest BCUT2D eigenvalue weighted by molar-refractivity contribution is 7.89. The minimum absolute atomic E-state index is 0.0183. The molecule has 8 heteroatoms. The zero-order valence-electron chi connectivity index (χ0n) is 12.2. The van der Waals surface area contributed by atoms with Crippen LogP contribution >= 0.6 is 0 Å². The first kappa shape index (κ1) is 17.4. The van der Waals surface area contributed by atoms with E-state index in [1.54, 1.807) is 26.0 Å². The van der Waals surface area contributed by atoms with E-state index >= 15 is 0 Å². The van der Waals surface area contributed by atoms with Crippen molar-refractivity contribution in [1.82, 2.24) is 4.72 Å². The molecule has 2 atom stereocenters. The molecule has 1 aromatic carbocycles. The summed E-state index contributed by atoms with van der Waals surface area (Å²) in [6.07, 6.45) is -1.36. The van der Waals surface area contributed by atoms with Gasteiger partial charge < -0.3 is 14.9 Å². The second kappa shape index (κ2) is 6.42. The predicted molar refractivity (Wildman–Crippen MR) is 75.9 cm³/mol. The Hall–Kier alpha value is -1.64. The fraction of sp³-hybridized carbons (Fsp3) is 0.462. The number of aryl methyl sites for hydroxylation is 2. The Morgan fingerprint density at radius 2 is 1.76 bits per heavy atom. The molecule has 0 aliphatic carbocycles. The summed E-state index contributed by atoms with van der Waals surface area (Å²) >= 11 is 0. The van der Waals surface area contributed by atoms with Crippen molar-refractivity contribution < 1.29 is 28.2 Å². The Labute approximate surface area is 123 Å². The summed E-state index contributed by atoms with van der Waals surface area (Å²) in [5, 5.41) is 18.4. The van der Waals surface area contributed by atoms with Gasteiger partial charge in [-0.05, 0) is 44.0 Å². The number of methoxy groups -OCH3 is 1. The number of ether oxygens (including phenoxy) is 1. The van der Waals surface area contributed by atoms with Crippen molar-refractivity contribution in [3.63, 3.8) is 0 Å². The van der Waals surface area contributed by atoms with E-state index < -0.39 is 28.1 Å². The lowest BCUT2D eigenvalue weighted by atomic mass is 10.1. The minimum Gasteiger partial charge on any atom is -0.497 e. The van der Waals surface area contributed by atoms with E-state index in [1.165, 1.54) is 14.0 Å². The van der Waals surface area contributed by atoms with E-state index in [1.807, 2.05) is 4.72 Å². The molecule has 0 fully saturated rings. The average molecular weight is 317 g/mol. The van der Waals surface area contributed by atoms with Crippen LogP contribution in [0.15, 0.2) is 17.0 Å². The van der Waals surface area contributed by atoms with Crippen molar-refractivity contribution in [3.05, 3.63) is 23.3 Å². The molecule has 118 valence electrons. The van der Waals surface area contributed by atoms with Gasteiger partial charge in [0.15, 0.2) is 0 Å². The maximum Gasteiger partial charge on any atom is 0.324 e. The fourth-order valence-electron chi connectivity index (χ4n) is 2.03. The van der Waals surface area contributed by atoms with Gasteiger partial charge in [-0.3, -0.25) is 4.79 Å². The van der Waals surface area contributed by atoms with Crippen LogP contribution in [-0.4, -0.2) is 43.9 Å². The topological polar surface area (TPSA) is 113 Å². The minimum atomic E-state index is -4.08. The first-order valence-electron chi connectivity index (χ1n) is 6.18. The van der Waals surface area contributed by atoms with Crippen molar-refractivity contribution in [3.8, 4) is 5.75 Å². The van der Waals surface area contributed by atoms with Gasteiger partial charge in [-0.1, -0.05) is 0 Å². The lowest BCUT2D eigenvalue weighted by molar-refractivity contribution is -0.141. The molecule has 0 aromatic heterocycles. The number of carbonyl (C=O) groups is 1. The number of rotatable bonds is 6. The van der Waals surface area contributed by atoms with E-state index in [2.05, 4.69) is 0 Å². The average Bonchev–Trinajstić information content (AvgIpc) is 2.33. The molecule has 3 N–H and O–H groups in total.